The minimum Gasteiger partial charge on any atom is -0.388 e. The highest BCUT2D eigenvalue weighted by molar-refractivity contribution is 4.92. The standard InChI is InChI=1S/C10H20O3/c1-5(2)9-7(11)8(12)10(13-9)6(3)4/h5-12H,1-4H3/t7-,8+,9?,10?. The Morgan fingerprint density at radius 3 is 1.31 bits per heavy atom. The van der Waals surface area contributed by atoms with Gasteiger partial charge < -0.3 is 14.9 Å². The van der Waals surface area contributed by atoms with Crippen LogP contribution in [0.5, 0.6) is 0 Å². The Labute approximate surface area is 79.7 Å². The summed E-state index contributed by atoms with van der Waals surface area (Å²) in [5.41, 5.74) is 0. The Bertz CT molecular complexity index is 150. The lowest BCUT2D eigenvalue weighted by Crippen LogP contribution is -2.35. The fraction of sp³-hybridized carbons (Fsp3) is 1.00. The van der Waals surface area contributed by atoms with Gasteiger partial charge in [-0.1, -0.05) is 27.7 Å². The first-order valence-corrected chi connectivity index (χ1v) is 4.96. The number of hydrogen-bond acceptors (Lipinski definition) is 3. The molecule has 1 rings (SSSR count). The second kappa shape index (κ2) is 3.95. The van der Waals surface area contributed by atoms with Crippen molar-refractivity contribution in [2.24, 2.45) is 11.8 Å². The number of aliphatic hydroxyl groups excluding tert-OH is 2. The van der Waals surface area contributed by atoms with Gasteiger partial charge in [0.15, 0.2) is 0 Å². The van der Waals surface area contributed by atoms with Gasteiger partial charge in [0.1, 0.15) is 12.2 Å². The van der Waals surface area contributed by atoms with E-state index in [1.807, 2.05) is 27.7 Å². The largest absolute Gasteiger partial charge is 0.388 e. The van der Waals surface area contributed by atoms with Crippen LogP contribution in [0, 0.1) is 11.8 Å². The summed E-state index contributed by atoms with van der Waals surface area (Å²) in [7, 11) is 0. The lowest BCUT2D eigenvalue weighted by molar-refractivity contribution is -0.0340. The predicted octanol–water partition coefficient (Wildman–Crippen LogP) is 0.788. The zero-order valence-corrected chi connectivity index (χ0v) is 8.77. The van der Waals surface area contributed by atoms with Crippen LogP contribution < -0.4 is 0 Å². The van der Waals surface area contributed by atoms with E-state index in [1.54, 1.807) is 0 Å². The van der Waals surface area contributed by atoms with Crippen molar-refractivity contribution in [1.82, 2.24) is 0 Å². The lowest BCUT2D eigenvalue weighted by atomic mass is 9.96. The molecule has 0 saturated carbocycles. The van der Waals surface area contributed by atoms with Crippen molar-refractivity contribution in [3.05, 3.63) is 0 Å². The number of rotatable bonds is 2. The molecule has 0 spiro atoms. The zero-order chi connectivity index (χ0) is 10.2. The van der Waals surface area contributed by atoms with Crippen LogP contribution in [0.4, 0.5) is 0 Å². The fourth-order valence-corrected chi connectivity index (χ4v) is 1.83. The summed E-state index contributed by atoms with van der Waals surface area (Å²) in [4.78, 5) is 0. The second-order valence-electron chi connectivity index (χ2n) is 4.53. The van der Waals surface area contributed by atoms with Crippen molar-refractivity contribution < 1.29 is 14.9 Å². The molecule has 3 nitrogen and oxygen atoms in total. The SMILES string of the molecule is CC(C)C1OC(C(C)C)[C@H](O)[C@@H]1O. The maximum atomic E-state index is 9.67. The number of aliphatic hydroxyl groups is 2. The summed E-state index contributed by atoms with van der Waals surface area (Å²) in [6.45, 7) is 7.96. The summed E-state index contributed by atoms with van der Waals surface area (Å²) in [5.74, 6) is 0.488. The summed E-state index contributed by atoms with van der Waals surface area (Å²) < 4.78 is 5.61. The molecular weight excluding hydrogens is 168 g/mol. The molecule has 1 fully saturated rings. The summed E-state index contributed by atoms with van der Waals surface area (Å²) >= 11 is 0. The quantitative estimate of drug-likeness (QED) is 0.673. The van der Waals surface area contributed by atoms with Crippen LogP contribution in [0.3, 0.4) is 0 Å². The molecule has 3 heteroatoms. The smallest absolute Gasteiger partial charge is 0.109 e. The van der Waals surface area contributed by atoms with E-state index in [0.29, 0.717) is 0 Å². The molecule has 0 aromatic heterocycles. The van der Waals surface area contributed by atoms with Crippen LogP contribution in [0.2, 0.25) is 0 Å². The van der Waals surface area contributed by atoms with Gasteiger partial charge in [-0.3, -0.25) is 0 Å². The van der Waals surface area contributed by atoms with Gasteiger partial charge in [0.25, 0.3) is 0 Å². The second-order valence-corrected chi connectivity index (χ2v) is 4.53. The molecule has 78 valence electrons. The summed E-state index contributed by atoms with van der Waals surface area (Å²) in [5, 5.41) is 19.3. The Balaban J connectivity index is 2.66. The maximum Gasteiger partial charge on any atom is 0.109 e. The monoisotopic (exact) mass is 188 g/mol. The van der Waals surface area contributed by atoms with Crippen LogP contribution in [0.15, 0.2) is 0 Å². The van der Waals surface area contributed by atoms with Crippen molar-refractivity contribution in [2.45, 2.75) is 52.1 Å². The highest BCUT2D eigenvalue weighted by atomic mass is 16.5. The third kappa shape index (κ3) is 2.03. The molecule has 1 aliphatic heterocycles. The fourth-order valence-electron chi connectivity index (χ4n) is 1.83. The summed E-state index contributed by atoms with van der Waals surface area (Å²) in [6, 6.07) is 0. The van der Waals surface area contributed by atoms with E-state index in [1.165, 1.54) is 0 Å². The number of ether oxygens (including phenoxy) is 1. The first-order chi connectivity index (χ1) is 5.95. The Kier molecular flexibility index (Phi) is 3.33. The van der Waals surface area contributed by atoms with Crippen molar-refractivity contribution in [1.29, 1.82) is 0 Å². The van der Waals surface area contributed by atoms with E-state index in [-0.39, 0.29) is 24.0 Å². The van der Waals surface area contributed by atoms with Gasteiger partial charge in [0, 0.05) is 0 Å². The maximum absolute atomic E-state index is 9.67. The van der Waals surface area contributed by atoms with Gasteiger partial charge >= 0.3 is 0 Å². The molecule has 4 atom stereocenters. The molecular formula is C10H20O3. The number of hydrogen-bond donors (Lipinski definition) is 2. The minimum atomic E-state index is -0.729. The molecule has 0 bridgehead atoms. The molecule has 0 aromatic carbocycles. The van der Waals surface area contributed by atoms with Crippen molar-refractivity contribution in [3.8, 4) is 0 Å². The van der Waals surface area contributed by atoms with Gasteiger partial charge in [0.2, 0.25) is 0 Å². The highest BCUT2D eigenvalue weighted by Crippen LogP contribution is 2.30. The molecule has 1 aliphatic rings. The molecule has 1 saturated heterocycles. The Hall–Kier alpha value is -0.120. The minimum absolute atomic E-state index is 0.220. The van der Waals surface area contributed by atoms with E-state index < -0.39 is 12.2 Å². The predicted molar refractivity (Wildman–Crippen MR) is 50.4 cm³/mol. The zero-order valence-electron chi connectivity index (χ0n) is 8.77. The summed E-state index contributed by atoms with van der Waals surface area (Å²) in [6.07, 6.45) is -1.90. The van der Waals surface area contributed by atoms with E-state index in [2.05, 4.69) is 0 Å². The van der Waals surface area contributed by atoms with E-state index in [0.717, 1.165) is 0 Å². The average molecular weight is 188 g/mol. The Morgan fingerprint density at radius 2 is 1.15 bits per heavy atom. The van der Waals surface area contributed by atoms with Crippen LogP contribution in [0.1, 0.15) is 27.7 Å². The normalized spacial score (nSPS) is 40.6. The third-order valence-corrected chi connectivity index (χ3v) is 2.65. The molecule has 2 N–H and O–H groups in total. The van der Waals surface area contributed by atoms with E-state index >= 15 is 0 Å². The molecule has 2 unspecified atom stereocenters. The van der Waals surface area contributed by atoms with Crippen molar-refractivity contribution in [2.75, 3.05) is 0 Å². The highest BCUT2D eigenvalue weighted by Gasteiger charge is 2.44. The van der Waals surface area contributed by atoms with Crippen molar-refractivity contribution in [3.63, 3.8) is 0 Å². The molecule has 0 radical (unpaired) electrons. The van der Waals surface area contributed by atoms with Gasteiger partial charge in [-0.25, -0.2) is 0 Å². The van der Waals surface area contributed by atoms with Gasteiger partial charge in [0.05, 0.1) is 12.2 Å². The Morgan fingerprint density at radius 1 is 0.846 bits per heavy atom. The third-order valence-electron chi connectivity index (χ3n) is 2.65. The average Bonchev–Trinajstić information content (AvgIpc) is 2.29. The van der Waals surface area contributed by atoms with Crippen LogP contribution >= 0.6 is 0 Å². The van der Waals surface area contributed by atoms with Crippen LogP contribution in [-0.2, 0) is 4.74 Å². The topological polar surface area (TPSA) is 49.7 Å². The van der Waals surface area contributed by atoms with Crippen LogP contribution in [-0.4, -0.2) is 34.6 Å². The van der Waals surface area contributed by atoms with Gasteiger partial charge in [-0.15, -0.1) is 0 Å². The van der Waals surface area contributed by atoms with Crippen molar-refractivity contribution >= 4 is 0 Å². The van der Waals surface area contributed by atoms with Gasteiger partial charge in [-0.05, 0) is 11.8 Å². The molecule has 0 aromatic rings. The van der Waals surface area contributed by atoms with E-state index in [4.69, 9.17) is 4.74 Å². The first kappa shape index (κ1) is 11.0. The molecule has 13 heavy (non-hydrogen) atoms. The first-order valence-electron chi connectivity index (χ1n) is 4.96. The lowest BCUT2D eigenvalue weighted by Gasteiger charge is -2.19. The van der Waals surface area contributed by atoms with E-state index in [9.17, 15) is 10.2 Å². The van der Waals surface area contributed by atoms with Gasteiger partial charge in [-0.2, -0.15) is 0 Å². The van der Waals surface area contributed by atoms with Crippen LogP contribution in [0.25, 0.3) is 0 Å². The molecule has 0 amide bonds. The molecule has 1 heterocycles. The molecule has 0 aliphatic carbocycles.